The maximum atomic E-state index is 12.6. The molecule has 2 N–H and O–H groups in total. The van der Waals surface area contributed by atoms with Crippen molar-refractivity contribution < 1.29 is 28.6 Å². The average molecular weight is 325 g/mol. The van der Waals surface area contributed by atoms with E-state index in [1.165, 1.54) is 19.2 Å². The summed E-state index contributed by atoms with van der Waals surface area (Å²) in [6, 6.07) is 3.00. The van der Waals surface area contributed by atoms with Gasteiger partial charge in [-0.15, -0.1) is 0 Å². The van der Waals surface area contributed by atoms with E-state index in [4.69, 9.17) is 14.6 Å². The van der Waals surface area contributed by atoms with Crippen LogP contribution in [0.5, 0.6) is 11.5 Å². The number of benzene rings is 1. The fourth-order valence-electron chi connectivity index (χ4n) is 2.50. The molecule has 23 heavy (non-hydrogen) atoms. The lowest BCUT2D eigenvalue weighted by Crippen LogP contribution is -2.42. The van der Waals surface area contributed by atoms with Gasteiger partial charge in [-0.1, -0.05) is 0 Å². The fraction of sp³-hybridized carbons (Fsp3) is 0.500. The van der Waals surface area contributed by atoms with Gasteiger partial charge < -0.3 is 19.9 Å². The molecule has 1 aliphatic rings. The zero-order valence-electron chi connectivity index (χ0n) is 12.9. The Balaban J connectivity index is 2.10. The molecule has 1 atom stereocenters. The largest absolute Gasteiger partial charge is 0.493 e. The second-order valence-electron chi connectivity index (χ2n) is 5.41. The van der Waals surface area contributed by atoms with Crippen LogP contribution in [-0.2, 0) is 4.79 Å². The number of alkyl halides is 1. The molecule has 1 unspecified atom stereocenters. The number of rotatable bonds is 7. The highest BCUT2D eigenvalue weighted by atomic mass is 19.1. The van der Waals surface area contributed by atoms with Crippen LogP contribution < -0.4 is 14.8 Å². The van der Waals surface area contributed by atoms with E-state index in [1.807, 2.05) is 0 Å². The number of nitrogens with one attached hydrogen (secondary N) is 1. The third-order valence-corrected chi connectivity index (χ3v) is 3.78. The van der Waals surface area contributed by atoms with E-state index < -0.39 is 24.6 Å². The molecular formula is C16H20FNO5. The van der Waals surface area contributed by atoms with Crippen molar-refractivity contribution in [2.24, 2.45) is 0 Å². The van der Waals surface area contributed by atoms with E-state index in [-0.39, 0.29) is 11.7 Å². The molecule has 1 aromatic rings. The Hall–Kier alpha value is -2.31. The summed E-state index contributed by atoms with van der Waals surface area (Å²) in [6.45, 7) is -1.18. The summed E-state index contributed by atoms with van der Waals surface area (Å²) >= 11 is 0. The second-order valence-corrected chi connectivity index (χ2v) is 5.41. The Kier molecular flexibility index (Phi) is 5.78. The van der Waals surface area contributed by atoms with Crippen molar-refractivity contribution >= 4 is 11.9 Å². The number of ether oxygens (including phenoxy) is 2. The quantitative estimate of drug-likeness (QED) is 0.802. The smallest absolute Gasteiger partial charge is 0.328 e. The van der Waals surface area contributed by atoms with E-state index >= 15 is 0 Å². The van der Waals surface area contributed by atoms with Crippen LogP contribution in [0.1, 0.15) is 36.0 Å². The summed E-state index contributed by atoms with van der Waals surface area (Å²) in [5.74, 6) is -1.18. The van der Waals surface area contributed by atoms with Crippen LogP contribution in [0.2, 0.25) is 0 Å². The number of carbonyl (C=O) groups excluding carboxylic acids is 1. The number of halogens is 1. The minimum atomic E-state index is -1.57. The number of carbonyl (C=O) groups is 2. The maximum absolute atomic E-state index is 12.6. The van der Waals surface area contributed by atoms with E-state index in [9.17, 15) is 14.0 Å². The molecule has 1 saturated carbocycles. The molecule has 0 heterocycles. The molecule has 126 valence electrons. The van der Waals surface area contributed by atoms with E-state index in [1.54, 1.807) is 6.07 Å². The monoisotopic (exact) mass is 325 g/mol. The van der Waals surface area contributed by atoms with Gasteiger partial charge in [0.2, 0.25) is 0 Å². The summed E-state index contributed by atoms with van der Waals surface area (Å²) in [6.07, 6.45) is 4.39. The number of carboxylic acids is 1. The van der Waals surface area contributed by atoms with Crippen molar-refractivity contribution in [2.75, 3.05) is 13.8 Å². The van der Waals surface area contributed by atoms with Gasteiger partial charge in [-0.25, -0.2) is 9.18 Å². The lowest BCUT2D eigenvalue weighted by atomic mass is 10.1. The average Bonchev–Trinajstić information content (AvgIpc) is 3.05. The SMILES string of the molecule is COc1cc(C(=O)NC(CF)C(=O)O)ccc1OC1CCCC1. The zero-order chi connectivity index (χ0) is 16.8. The first kappa shape index (κ1) is 17.1. The van der Waals surface area contributed by atoms with Crippen molar-refractivity contribution in [1.29, 1.82) is 0 Å². The highest BCUT2D eigenvalue weighted by Crippen LogP contribution is 2.32. The molecule has 1 fully saturated rings. The number of methoxy groups -OCH3 is 1. The molecule has 0 saturated heterocycles. The molecule has 6 nitrogen and oxygen atoms in total. The van der Waals surface area contributed by atoms with Crippen LogP contribution in [0.25, 0.3) is 0 Å². The number of carboxylic acid groups (broad SMARTS) is 1. The molecular weight excluding hydrogens is 305 g/mol. The van der Waals surface area contributed by atoms with Crippen LogP contribution in [0.15, 0.2) is 18.2 Å². The Bertz CT molecular complexity index is 572. The highest BCUT2D eigenvalue weighted by molar-refractivity contribution is 5.97. The van der Waals surface area contributed by atoms with Gasteiger partial charge in [-0.3, -0.25) is 4.79 Å². The van der Waals surface area contributed by atoms with Crippen molar-refractivity contribution in [3.63, 3.8) is 0 Å². The normalized spacial score (nSPS) is 15.9. The Morgan fingerprint density at radius 3 is 2.61 bits per heavy atom. The van der Waals surface area contributed by atoms with E-state index in [0.717, 1.165) is 25.7 Å². The van der Waals surface area contributed by atoms with Crippen molar-refractivity contribution in [3.05, 3.63) is 23.8 Å². The van der Waals surface area contributed by atoms with Crippen molar-refractivity contribution in [2.45, 2.75) is 37.8 Å². The molecule has 1 aliphatic carbocycles. The number of amides is 1. The summed E-state index contributed by atoms with van der Waals surface area (Å²) in [4.78, 5) is 22.8. The summed E-state index contributed by atoms with van der Waals surface area (Å²) in [5.41, 5.74) is 0.181. The Morgan fingerprint density at radius 2 is 2.04 bits per heavy atom. The van der Waals surface area contributed by atoms with Gasteiger partial charge in [0, 0.05) is 5.56 Å². The molecule has 1 amide bonds. The molecule has 1 aromatic carbocycles. The highest BCUT2D eigenvalue weighted by Gasteiger charge is 2.22. The van der Waals surface area contributed by atoms with Gasteiger partial charge in [0.05, 0.1) is 13.2 Å². The summed E-state index contributed by atoms with van der Waals surface area (Å²) in [7, 11) is 1.46. The fourth-order valence-corrected chi connectivity index (χ4v) is 2.50. The molecule has 0 aliphatic heterocycles. The van der Waals surface area contributed by atoms with Gasteiger partial charge in [0.1, 0.15) is 6.67 Å². The molecule has 0 aromatic heterocycles. The van der Waals surface area contributed by atoms with E-state index in [2.05, 4.69) is 5.32 Å². The first-order chi connectivity index (χ1) is 11.0. The van der Waals surface area contributed by atoms with E-state index in [0.29, 0.717) is 11.5 Å². The van der Waals surface area contributed by atoms with Gasteiger partial charge in [-0.05, 0) is 43.9 Å². The predicted molar refractivity (Wildman–Crippen MR) is 80.7 cm³/mol. The third kappa shape index (κ3) is 4.34. The Morgan fingerprint density at radius 1 is 1.35 bits per heavy atom. The predicted octanol–water partition coefficient (Wildman–Crippen LogP) is 2.17. The van der Waals surface area contributed by atoms with Gasteiger partial charge >= 0.3 is 5.97 Å². The van der Waals surface area contributed by atoms with Crippen LogP contribution in [0.3, 0.4) is 0 Å². The number of hydrogen-bond acceptors (Lipinski definition) is 4. The van der Waals surface area contributed by atoms with Crippen LogP contribution >= 0.6 is 0 Å². The summed E-state index contributed by atoms with van der Waals surface area (Å²) in [5, 5.41) is 10.9. The molecule has 7 heteroatoms. The van der Waals surface area contributed by atoms with Crippen molar-refractivity contribution in [3.8, 4) is 11.5 Å². The molecule has 2 rings (SSSR count). The van der Waals surface area contributed by atoms with Gasteiger partial charge in [-0.2, -0.15) is 0 Å². The molecule has 0 bridgehead atoms. The molecule has 0 radical (unpaired) electrons. The minimum absolute atomic E-state index is 0.145. The minimum Gasteiger partial charge on any atom is -0.493 e. The van der Waals surface area contributed by atoms with Crippen LogP contribution in [-0.4, -0.2) is 42.9 Å². The third-order valence-electron chi connectivity index (χ3n) is 3.78. The maximum Gasteiger partial charge on any atom is 0.328 e. The van der Waals surface area contributed by atoms with Gasteiger partial charge in [0.25, 0.3) is 5.91 Å². The lowest BCUT2D eigenvalue weighted by Gasteiger charge is -2.17. The topological polar surface area (TPSA) is 84.9 Å². The number of hydrogen-bond donors (Lipinski definition) is 2. The van der Waals surface area contributed by atoms with Crippen LogP contribution in [0, 0.1) is 0 Å². The standard InChI is InChI=1S/C16H20FNO5/c1-22-14-8-10(15(19)18-12(9-17)16(20)21)6-7-13(14)23-11-4-2-3-5-11/h6-8,11-12H,2-5,9H2,1H3,(H,18,19)(H,20,21). The first-order valence-corrected chi connectivity index (χ1v) is 7.49. The summed E-state index contributed by atoms with van der Waals surface area (Å²) < 4.78 is 23.7. The Labute approximate surface area is 133 Å². The first-order valence-electron chi connectivity index (χ1n) is 7.49. The van der Waals surface area contributed by atoms with Crippen LogP contribution in [0.4, 0.5) is 4.39 Å². The lowest BCUT2D eigenvalue weighted by molar-refractivity contribution is -0.139. The molecule has 0 spiro atoms. The van der Waals surface area contributed by atoms with Crippen molar-refractivity contribution in [1.82, 2.24) is 5.32 Å². The second kappa shape index (κ2) is 7.80. The zero-order valence-corrected chi connectivity index (χ0v) is 12.9. The van der Waals surface area contributed by atoms with Gasteiger partial charge in [0.15, 0.2) is 17.5 Å². The number of aliphatic carboxylic acids is 1.